The fourth-order valence-corrected chi connectivity index (χ4v) is 1.59. The molecule has 0 N–H and O–H groups in total. The van der Waals surface area contributed by atoms with Crippen molar-refractivity contribution in [2.45, 2.75) is 37.9 Å². The molecule has 0 bridgehead atoms. The first-order valence-corrected chi connectivity index (χ1v) is 6.89. The molecule has 20 heavy (non-hydrogen) atoms. The summed E-state index contributed by atoms with van der Waals surface area (Å²) < 4.78 is 20.0. The zero-order chi connectivity index (χ0) is 14.4. The summed E-state index contributed by atoms with van der Waals surface area (Å²) in [5.74, 6) is -0.782. The number of hydrogen-bond donors (Lipinski definition) is 0. The van der Waals surface area contributed by atoms with Crippen LogP contribution < -0.4 is 0 Å². The van der Waals surface area contributed by atoms with E-state index in [9.17, 15) is 9.59 Å². The summed E-state index contributed by atoms with van der Waals surface area (Å²) in [7, 11) is 0. The van der Waals surface area contributed by atoms with Crippen LogP contribution in [0.4, 0.5) is 0 Å². The van der Waals surface area contributed by atoms with E-state index in [0.29, 0.717) is 25.2 Å². The highest BCUT2D eigenvalue weighted by molar-refractivity contribution is 5.88. The van der Waals surface area contributed by atoms with Gasteiger partial charge in [-0.3, -0.25) is 4.79 Å². The Morgan fingerprint density at radius 1 is 1.00 bits per heavy atom. The van der Waals surface area contributed by atoms with Gasteiger partial charge in [-0.05, 0) is 6.42 Å². The standard InChI is InChI=1S/C14H20O6/c1-10(14(16)18-7-5-12-9-20-12)2-3-13(15)17-6-4-11-8-19-11/h11-12H,1-9H2. The van der Waals surface area contributed by atoms with Crippen molar-refractivity contribution in [3.8, 4) is 0 Å². The molecule has 2 heterocycles. The Morgan fingerprint density at radius 3 is 2.10 bits per heavy atom. The van der Waals surface area contributed by atoms with Crippen LogP contribution in [0, 0.1) is 0 Å². The fraction of sp³-hybridized carbons (Fsp3) is 0.714. The van der Waals surface area contributed by atoms with E-state index >= 15 is 0 Å². The van der Waals surface area contributed by atoms with E-state index in [4.69, 9.17) is 18.9 Å². The van der Waals surface area contributed by atoms with Gasteiger partial charge < -0.3 is 18.9 Å². The van der Waals surface area contributed by atoms with Crippen molar-refractivity contribution < 1.29 is 28.5 Å². The number of esters is 2. The number of ether oxygens (including phenoxy) is 4. The topological polar surface area (TPSA) is 77.7 Å². The molecular formula is C14H20O6. The van der Waals surface area contributed by atoms with Gasteiger partial charge in [-0.15, -0.1) is 0 Å². The zero-order valence-corrected chi connectivity index (χ0v) is 11.5. The lowest BCUT2D eigenvalue weighted by Crippen LogP contribution is -2.12. The van der Waals surface area contributed by atoms with Crippen molar-refractivity contribution >= 4 is 11.9 Å². The second kappa shape index (κ2) is 7.40. The summed E-state index contributed by atoms with van der Waals surface area (Å²) in [4.78, 5) is 22.9. The molecule has 0 saturated carbocycles. The Morgan fingerprint density at radius 2 is 1.55 bits per heavy atom. The van der Waals surface area contributed by atoms with Crippen LogP contribution in [0.5, 0.6) is 0 Å². The Labute approximate surface area is 118 Å². The summed E-state index contributed by atoms with van der Waals surface area (Å²) in [6, 6.07) is 0. The molecule has 0 spiro atoms. The van der Waals surface area contributed by atoms with Gasteiger partial charge in [0.2, 0.25) is 0 Å². The maximum atomic E-state index is 11.5. The number of epoxide rings is 2. The molecule has 2 atom stereocenters. The molecule has 2 aliphatic heterocycles. The van der Waals surface area contributed by atoms with Gasteiger partial charge in [0.15, 0.2) is 0 Å². The first-order chi connectivity index (χ1) is 9.65. The van der Waals surface area contributed by atoms with Crippen molar-refractivity contribution in [3.05, 3.63) is 12.2 Å². The SMILES string of the molecule is C=C(CCC(=O)OCCC1CO1)C(=O)OCCC1CO1. The molecule has 2 rings (SSSR count). The quantitative estimate of drug-likeness (QED) is 0.338. The minimum absolute atomic E-state index is 0.144. The average Bonchev–Trinajstić information content (AvgIpc) is 3.29. The fourth-order valence-electron chi connectivity index (χ4n) is 1.59. The Balaban J connectivity index is 1.48. The Hall–Kier alpha value is -1.40. The maximum Gasteiger partial charge on any atom is 0.333 e. The lowest BCUT2D eigenvalue weighted by Gasteiger charge is -2.06. The third-order valence-corrected chi connectivity index (χ3v) is 3.10. The summed E-state index contributed by atoms with van der Waals surface area (Å²) in [5.41, 5.74) is 0.296. The number of hydrogen-bond acceptors (Lipinski definition) is 6. The number of carbonyl (C=O) groups excluding carboxylic acids is 2. The van der Waals surface area contributed by atoms with Crippen LogP contribution >= 0.6 is 0 Å². The van der Waals surface area contributed by atoms with Crippen LogP contribution in [0.2, 0.25) is 0 Å². The van der Waals surface area contributed by atoms with Crippen molar-refractivity contribution in [3.63, 3.8) is 0 Å². The van der Waals surface area contributed by atoms with Crippen LogP contribution in [0.1, 0.15) is 25.7 Å². The molecule has 2 aliphatic rings. The highest BCUT2D eigenvalue weighted by atomic mass is 16.6. The average molecular weight is 284 g/mol. The van der Waals surface area contributed by atoms with E-state index in [1.165, 1.54) is 0 Å². The molecule has 0 aromatic carbocycles. The second-order valence-electron chi connectivity index (χ2n) is 4.95. The molecule has 0 aromatic heterocycles. The molecule has 6 nitrogen and oxygen atoms in total. The minimum atomic E-state index is -0.454. The van der Waals surface area contributed by atoms with Gasteiger partial charge in [-0.25, -0.2) is 4.79 Å². The van der Waals surface area contributed by atoms with Crippen LogP contribution in [0.3, 0.4) is 0 Å². The van der Waals surface area contributed by atoms with Crippen LogP contribution in [0.15, 0.2) is 12.2 Å². The molecule has 2 unspecified atom stereocenters. The zero-order valence-electron chi connectivity index (χ0n) is 11.5. The van der Waals surface area contributed by atoms with Gasteiger partial charge in [0, 0.05) is 24.8 Å². The first kappa shape index (κ1) is 15.0. The first-order valence-electron chi connectivity index (χ1n) is 6.89. The van der Waals surface area contributed by atoms with Crippen molar-refractivity contribution in [2.24, 2.45) is 0 Å². The van der Waals surface area contributed by atoms with Crippen molar-refractivity contribution in [1.29, 1.82) is 0 Å². The normalized spacial score (nSPS) is 23.0. The lowest BCUT2D eigenvalue weighted by atomic mass is 10.1. The molecule has 0 aromatic rings. The van der Waals surface area contributed by atoms with Crippen molar-refractivity contribution in [1.82, 2.24) is 0 Å². The van der Waals surface area contributed by atoms with E-state index in [0.717, 1.165) is 19.6 Å². The molecule has 0 radical (unpaired) electrons. The molecule has 2 fully saturated rings. The number of rotatable bonds is 10. The summed E-state index contributed by atoms with van der Waals surface area (Å²) >= 11 is 0. The van der Waals surface area contributed by atoms with Gasteiger partial charge in [-0.1, -0.05) is 6.58 Å². The van der Waals surface area contributed by atoms with E-state index in [2.05, 4.69) is 6.58 Å². The third-order valence-electron chi connectivity index (χ3n) is 3.10. The third kappa shape index (κ3) is 6.16. The summed E-state index contributed by atoms with van der Waals surface area (Å²) in [6.07, 6.45) is 2.34. The van der Waals surface area contributed by atoms with E-state index < -0.39 is 5.97 Å². The van der Waals surface area contributed by atoms with E-state index in [-0.39, 0.29) is 31.0 Å². The van der Waals surface area contributed by atoms with Crippen molar-refractivity contribution in [2.75, 3.05) is 26.4 Å². The van der Waals surface area contributed by atoms with E-state index in [1.807, 2.05) is 0 Å². The van der Waals surface area contributed by atoms with Gasteiger partial charge in [-0.2, -0.15) is 0 Å². The van der Waals surface area contributed by atoms with Gasteiger partial charge >= 0.3 is 11.9 Å². The molecule has 0 aliphatic carbocycles. The Kier molecular flexibility index (Phi) is 5.55. The minimum Gasteiger partial charge on any atom is -0.466 e. The monoisotopic (exact) mass is 284 g/mol. The van der Waals surface area contributed by atoms with Crippen LogP contribution in [0.25, 0.3) is 0 Å². The highest BCUT2D eigenvalue weighted by Crippen LogP contribution is 2.15. The number of carbonyl (C=O) groups is 2. The predicted molar refractivity (Wildman–Crippen MR) is 69.0 cm³/mol. The van der Waals surface area contributed by atoms with E-state index in [1.54, 1.807) is 0 Å². The summed E-state index contributed by atoms with van der Waals surface area (Å²) in [5, 5.41) is 0. The Bertz CT molecular complexity index is 370. The second-order valence-corrected chi connectivity index (χ2v) is 4.95. The largest absolute Gasteiger partial charge is 0.466 e. The van der Waals surface area contributed by atoms with Crippen LogP contribution in [-0.2, 0) is 28.5 Å². The predicted octanol–water partition coefficient (Wildman–Crippen LogP) is 0.987. The smallest absolute Gasteiger partial charge is 0.333 e. The highest BCUT2D eigenvalue weighted by Gasteiger charge is 2.23. The molecular weight excluding hydrogens is 264 g/mol. The molecule has 0 amide bonds. The molecule has 6 heteroatoms. The van der Waals surface area contributed by atoms with Gasteiger partial charge in [0.1, 0.15) is 0 Å². The maximum absolute atomic E-state index is 11.5. The molecule has 2 saturated heterocycles. The summed E-state index contributed by atoms with van der Waals surface area (Å²) in [6.45, 7) is 5.82. The lowest BCUT2D eigenvalue weighted by molar-refractivity contribution is -0.143. The molecule has 112 valence electrons. The van der Waals surface area contributed by atoms with Gasteiger partial charge in [0.25, 0.3) is 0 Å². The van der Waals surface area contributed by atoms with Crippen LogP contribution in [-0.4, -0.2) is 50.6 Å². The van der Waals surface area contributed by atoms with Gasteiger partial charge in [0.05, 0.1) is 38.6 Å².